The van der Waals surface area contributed by atoms with Crippen molar-refractivity contribution in [2.24, 2.45) is 0 Å². The molecule has 0 radical (unpaired) electrons. The van der Waals surface area contributed by atoms with Crippen LogP contribution in [0.15, 0.2) is 61.2 Å². The van der Waals surface area contributed by atoms with Gasteiger partial charge in [0, 0.05) is 37.8 Å². The Morgan fingerprint density at radius 3 is 2.25 bits per heavy atom. The first-order valence-corrected chi connectivity index (χ1v) is 10.4. The van der Waals surface area contributed by atoms with Gasteiger partial charge < -0.3 is 24.0 Å². The first-order chi connectivity index (χ1) is 15.5. The zero-order chi connectivity index (χ0) is 22.9. The van der Waals surface area contributed by atoms with Crippen LogP contribution in [0, 0.1) is 0 Å². The molecule has 0 aromatic heterocycles. The van der Waals surface area contributed by atoms with Gasteiger partial charge in [-0.2, -0.15) is 0 Å². The third-order valence-corrected chi connectivity index (χ3v) is 5.18. The van der Waals surface area contributed by atoms with Gasteiger partial charge in [-0.1, -0.05) is 18.7 Å². The molecule has 0 atom stereocenters. The fourth-order valence-electron chi connectivity index (χ4n) is 3.37. The summed E-state index contributed by atoms with van der Waals surface area (Å²) in [5.41, 5.74) is 1.44. The minimum Gasteiger partial charge on any atom is -0.497 e. The molecule has 0 unspecified atom stereocenters. The van der Waals surface area contributed by atoms with Crippen LogP contribution < -0.4 is 14.2 Å². The van der Waals surface area contributed by atoms with Crippen molar-refractivity contribution in [2.45, 2.75) is 0 Å². The van der Waals surface area contributed by atoms with Gasteiger partial charge in [0.15, 0.2) is 11.5 Å². The van der Waals surface area contributed by atoms with Gasteiger partial charge in [-0.3, -0.25) is 9.59 Å². The van der Waals surface area contributed by atoms with Crippen LogP contribution in [0.1, 0.15) is 15.9 Å². The van der Waals surface area contributed by atoms with Crippen molar-refractivity contribution in [3.05, 3.63) is 72.3 Å². The molecule has 1 heterocycles. The molecule has 0 aliphatic carbocycles. The number of benzene rings is 2. The zero-order valence-electron chi connectivity index (χ0n) is 18.5. The Labute approximate surface area is 188 Å². The predicted molar refractivity (Wildman–Crippen MR) is 123 cm³/mol. The molecule has 2 aromatic rings. The summed E-state index contributed by atoms with van der Waals surface area (Å²) in [5, 5.41) is 0. The molecule has 0 bridgehead atoms. The van der Waals surface area contributed by atoms with Gasteiger partial charge >= 0.3 is 0 Å². The van der Waals surface area contributed by atoms with E-state index in [0.29, 0.717) is 55.6 Å². The van der Waals surface area contributed by atoms with Crippen LogP contribution in [0.2, 0.25) is 0 Å². The minimum atomic E-state index is -0.0903. The summed E-state index contributed by atoms with van der Waals surface area (Å²) >= 11 is 0. The molecular formula is C25H28N2O5. The van der Waals surface area contributed by atoms with E-state index in [2.05, 4.69) is 6.58 Å². The summed E-state index contributed by atoms with van der Waals surface area (Å²) in [6.45, 7) is 5.98. The Balaban J connectivity index is 1.55. The quantitative estimate of drug-likeness (QED) is 0.469. The first kappa shape index (κ1) is 22.9. The third-order valence-electron chi connectivity index (χ3n) is 5.18. The molecule has 3 rings (SSSR count). The lowest BCUT2D eigenvalue weighted by Crippen LogP contribution is -2.50. The van der Waals surface area contributed by atoms with Gasteiger partial charge in [0.25, 0.3) is 5.91 Å². The Kier molecular flexibility index (Phi) is 7.91. The number of carbonyl (C=O) groups is 2. The van der Waals surface area contributed by atoms with E-state index in [-0.39, 0.29) is 11.8 Å². The second kappa shape index (κ2) is 11.0. The van der Waals surface area contributed by atoms with E-state index >= 15 is 0 Å². The highest BCUT2D eigenvalue weighted by Gasteiger charge is 2.24. The standard InChI is InChI=1S/C25H28N2O5/c1-4-17-32-22-11-5-19(18-23(22)31-3)6-12-24(28)26-13-15-27(16-14-26)25(29)20-7-9-21(30-2)10-8-20/h4-12,18H,1,13-17H2,2-3H3/b12-6+. The van der Waals surface area contributed by atoms with E-state index in [1.54, 1.807) is 72.6 Å². The summed E-state index contributed by atoms with van der Waals surface area (Å²) in [6.07, 6.45) is 4.95. The van der Waals surface area contributed by atoms with Crippen molar-refractivity contribution in [1.29, 1.82) is 0 Å². The molecule has 1 aliphatic heterocycles. The van der Waals surface area contributed by atoms with Crippen molar-refractivity contribution >= 4 is 17.9 Å². The summed E-state index contributed by atoms with van der Waals surface area (Å²) in [5.74, 6) is 1.79. The minimum absolute atomic E-state index is 0.0406. The molecule has 0 saturated carbocycles. The van der Waals surface area contributed by atoms with Gasteiger partial charge in [-0.05, 0) is 48.0 Å². The van der Waals surface area contributed by atoms with Crippen molar-refractivity contribution in [1.82, 2.24) is 9.80 Å². The van der Waals surface area contributed by atoms with Crippen LogP contribution in [0.4, 0.5) is 0 Å². The van der Waals surface area contributed by atoms with Crippen LogP contribution in [-0.4, -0.2) is 68.6 Å². The average molecular weight is 437 g/mol. The van der Waals surface area contributed by atoms with E-state index in [1.165, 1.54) is 0 Å². The van der Waals surface area contributed by atoms with Crippen LogP contribution in [0.25, 0.3) is 6.08 Å². The Hall–Kier alpha value is -3.74. The molecule has 168 valence electrons. The number of piperazine rings is 1. The number of hydrogen-bond acceptors (Lipinski definition) is 5. The molecule has 2 aromatic carbocycles. The SMILES string of the molecule is C=CCOc1ccc(/C=C/C(=O)N2CCN(C(=O)c3ccc(OC)cc3)CC2)cc1OC. The zero-order valence-corrected chi connectivity index (χ0v) is 18.5. The van der Waals surface area contributed by atoms with Gasteiger partial charge in [0.2, 0.25) is 5.91 Å². The number of hydrogen-bond donors (Lipinski definition) is 0. The highest BCUT2D eigenvalue weighted by molar-refractivity contribution is 5.95. The number of amides is 2. The molecule has 32 heavy (non-hydrogen) atoms. The lowest BCUT2D eigenvalue weighted by molar-refractivity contribution is -0.127. The average Bonchev–Trinajstić information content (AvgIpc) is 2.85. The van der Waals surface area contributed by atoms with Gasteiger partial charge in [0.1, 0.15) is 12.4 Å². The second-order valence-corrected chi connectivity index (χ2v) is 7.19. The van der Waals surface area contributed by atoms with Crippen molar-refractivity contribution < 1.29 is 23.8 Å². The maximum atomic E-state index is 12.7. The number of nitrogens with zero attached hydrogens (tertiary/aromatic N) is 2. The maximum absolute atomic E-state index is 12.7. The fourth-order valence-corrected chi connectivity index (χ4v) is 3.37. The molecule has 7 nitrogen and oxygen atoms in total. The van der Waals surface area contributed by atoms with Crippen LogP contribution in [-0.2, 0) is 4.79 Å². The lowest BCUT2D eigenvalue weighted by atomic mass is 10.1. The summed E-state index contributed by atoms with van der Waals surface area (Å²) in [6, 6.07) is 12.5. The van der Waals surface area contributed by atoms with E-state index < -0.39 is 0 Å². The van der Waals surface area contributed by atoms with E-state index in [1.807, 2.05) is 12.1 Å². The molecule has 0 spiro atoms. The van der Waals surface area contributed by atoms with Crippen LogP contribution >= 0.6 is 0 Å². The molecule has 2 amide bonds. The second-order valence-electron chi connectivity index (χ2n) is 7.19. The van der Waals surface area contributed by atoms with Crippen LogP contribution in [0.3, 0.4) is 0 Å². The normalized spacial score (nSPS) is 13.7. The third kappa shape index (κ3) is 5.69. The van der Waals surface area contributed by atoms with E-state index in [9.17, 15) is 9.59 Å². The highest BCUT2D eigenvalue weighted by atomic mass is 16.5. The lowest BCUT2D eigenvalue weighted by Gasteiger charge is -2.34. The number of rotatable bonds is 8. The number of methoxy groups -OCH3 is 2. The summed E-state index contributed by atoms with van der Waals surface area (Å²) in [7, 11) is 3.16. The van der Waals surface area contributed by atoms with Gasteiger partial charge in [0.05, 0.1) is 14.2 Å². The fraction of sp³-hybridized carbons (Fsp3) is 0.280. The van der Waals surface area contributed by atoms with Gasteiger partial charge in [-0.15, -0.1) is 0 Å². The molecule has 1 fully saturated rings. The predicted octanol–water partition coefficient (Wildman–Crippen LogP) is 3.27. The van der Waals surface area contributed by atoms with Crippen LogP contribution in [0.5, 0.6) is 17.2 Å². The largest absolute Gasteiger partial charge is 0.497 e. The Morgan fingerprint density at radius 2 is 1.62 bits per heavy atom. The van der Waals surface area contributed by atoms with E-state index in [4.69, 9.17) is 14.2 Å². The topological polar surface area (TPSA) is 68.3 Å². The summed E-state index contributed by atoms with van der Waals surface area (Å²) in [4.78, 5) is 28.8. The summed E-state index contributed by atoms with van der Waals surface area (Å²) < 4.78 is 16.0. The molecular weight excluding hydrogens is 408 g/mol. The first-order valence-electron chi connectivity index (χ1n) is 10.4. The van der Waals surface area contributed by atoms with Gasteiger partial charge in [-0.25, -0.2) is 0 Å². The monoisotopic (exact) mass is 436 g/mol. The molecule has 1 saturated heterocycles. The molecule has 0 N–H and O–H groups in total. The van der Waals surface area contributed by atoms with Crippen molar-refractivity contribution in [2.75, 3.05) is 47.0 Å². The smallest absolute Gasteiger partial charge is 0.253 e. The Bertz CT molecular complexity index is 976. The maximum Gasteiger partial charge on any atom is 0.253 e. The molecule has 7 heteroatoms. The van der Waals surface area contributed by atoms with Crippen molar-refractivity contribution in [3.8, 4) is 17.2 Å². The van der Waals surface area contributed by atoms with Crippen molar-refractivity contribution in [3.63, 3.8) is 0 Å². The number of ether oxygens (including phenoxy) is 3. The molecule has 1 aliphatic rings. The number of carbonyl (C=O) groups excluding carboxylic acids is 2. The Morgan fingerprint density at radius 1 is 0.938 bits per heavy atom. The highest BCUT2D eigenvalue weighted by Crippen LogP contribution is 2.28. The van der Waals surface area contributed by atoms with E-state index in [0.717, 1.165) is 5.56 Å².